The molecule has 0 aromatic heterocycles. The molecule has 0 saturated carbocycles. The van der Waals surface area contributed by atoms with Crippen molar-refractivity contribution in [1.29, 1.82) is 0 Å². The number of Topliss-reactive ketones (excluding diaryl/α,β-unsaturated/α-hetero) is 1. The van der Waals surface area contributed by atoms with Crippen molar-refractivity contribution in [2.45, 2.75) is 18.4 Å². The van der Waals surface area contributed by atoms with Gasteiger partial charge < -0.3 is 4.74 Å². The van der Waals surface area contributed by atoms with E-state index in [1.165, 1.54) is 0 Å². The van der Waals surface area contributed by atoms with Crippen LogP contribution in [-0.4, -0.2) is 11.4 Å². The van der Waals surface area contributed by atoms with Gasteiger partial charge in [-0.15, -0.1) is 6.58 Å². The fraction of sp³-hybridized carbons (Fsp3) is 0.136. The molecule has 1 aliphatic rings. The SMILES string of the molecule is C=CC[C@@]1(Cc2ccccc2)Oc2ccc3ccccc3c2C1=O. The average molecular weight is 314 g/mol. The van der Waals surface area contributed by atoms with Crippen LogP contribution >= 0.6 is 0 Å². The summed E-state index contributed by atoms with van der Waals surface area (Å²) in [5.41, 5.74) is 0.894. The first kappa shape index (κ1) is 14.7. The van der Waals surface area contributed by atoms with Crippen molar-refractivity contribution in [1.82, 2.24) is 0 Å². The highest BCUT2D eigenvalue weighted by molar-refractivity contribution is 6.16. The topological polar surface area (TPSA) is 26.3 Å². The van der Waals surface area contributed by atoms with E-state index in [1.54, 1.807) is 6.08 Å². The monoisotopic (exact) mass is 314 g/mol. The zero-order valence-electron chi connectivity index (χ0n) is 13.4. The number of rotatable bonds is 4. The molecule has 2 nitrogen and oxygen atoms in total. The van der Waals surface area contributed by atoms with Gasteiger partial charge in [-0.05, 0) is 22.4 Å². The first-order valence-corrected chi connectivity index (χ1v) is 8.14. The number of fused-ring (bicyclic) bond motifs is 3. The Kier molecular flexibility index (Phi) is 3.46. The number of benzene rings is 3. The quantitative estimate of drug-likeness (QED) is 0.635. The molecule has 2 heteroatoms. The minimum absolute atomic E-state index is 0.0538. The molecule has 0 radical (unpaired) electrons. The highest BCUT2D eigenvalue weighted by Gasteiger charge is 2.47. The minimum atomic E-state index is -0.893. The van der Waals surface area contributed by atoms with Crippen LogP contribution in [0.5, 0.6) is 5.75 Å². The molecule has 0 fully saturated rings. The van der Waals surface area contributed by atoms with Crippen molar-refractivity contribution in [2.24, 2.45) is 0 Å². The standard InChI is InChI=1S/C22H18O2/c1-2-14-22(15-16-8-4-3-5-9-16)21(23)20-18-11-7-6-10-17(18)12-13-19(20)24-22/h2-13H,1,14-15H2/t22-/m0/s1. The lowest BCUT2D eigenvalue weighted by Gasteiger charge is -2.26. The van der Waals surface area contributed by atoms with Gasteiger partial charge >= 0.3 is 0 Å². The summed E-state index contributed by atoms with van der Waals surface area (Å²) in [6.07, 6.45) is 2.81. The molecule has 118 valence electrons. The lowest BCUT2D eigenvalue weighted by molar-refractivity contribution is 0.0572. The zero-order chi connectivity index (χ0) is 16.6. The van der Waals surface area contributed by atoms with E-state index in [9.17, 15) is 4.79 Å². The largest absolute Gasteiger partial charge is 0.478 e. The second-order valence-electron chi connectivity index (χ2n) is 6.24. The summed E-state index contributed by atoms with van der Waals surface area (Å²) in [6, 6.07) is 21.9. The summed E-state index contributed by atoms with van der Waals surface area (Å²) in [6.45, 7) is 3.84. The Morgan fingerprint density at radius 1 is 0.958 bits per heavy atom. The van der Waals surface area contributed by atoms with Crippen LogP contribution in [0.25, 0.3) is 10.8 Å². The summed E-state index contributed by atoms with van der Waals surface area (Å²) < 4.78 is 6.24. The van der Waals surface area contributed by atoms with E-state index in [0.29, 0.717) is 24.2 Å². The van der Waals surface area contributed by atoms with Crippen LogP contribution in [0.1, 0.15) is 22.3 Å². The van der Waals surface area contributed by atoms with Crippen molar-refractivity contribution in [3.63, 3.8) is 0 Å². The van der Waals surface area contributed by atoms with Crippen LogP contribution in [0, 0.1) is 0 Å². The molecule has 4 rings (SSSR count). The molecule has 3 aromatic rings. The van der Waals surface area contributed by atoms with E-state index in [2.05, 4.69) is 6.58 Å². The van der Waals surface area contributed by atoms with Gasteiger partial charge in [0, 0.05) is 12.8 Å². The molecular weight excluding hydrogens is 296 g/mol. The lowest BCUT2D eigenvalue weighted by atomic mass is 9.84. The minimum Gasteiger partial charge on any atom is -0.478 e. The van der Waals surface area contributed by atoms with Crippen LogP contribution < -0.4 is 4.74 Å². The second-order valence-corrected chi connectivity index (χ2v) is 6.24. The third-order valence-electron chi connectivity index (χ3n) is 4.64. The number of ketones is 1. The normalized spacial score (nSPS) is 19.1. The zero-order valence-corrected chi connectivity index (χ0v) is 13.4. The van der Waals surface area contributed by atoms with Crippen LogP contribution in [-0.2, 0) is 6.42 Å². The molecule has 0 unspecified atom stereocenters. The van der Waals surface area contributed by atoms with Gasteiger partial charge in [0.15, 0.2) is 5.60 Å². The first-order valence-electron chi connectivity index (χ1n) is 8.14. The van der Waals surface area contributed by atoms with Crippen LogP contribution in [0.15, 0.2) is 79.4 Å². The predicted octanol–water partition coefficient (Wildman–Crippen LogP) is 4.97. The van der Waals surface area contributed by atoms with Gasteiger partial charge in [-0.2, -0.15) is 0 Å². The summed E-state index contributed by atoms with van der Waals surface area (Å²) in [4.78, 5) is 13.4. The van der Waals surface area contributed by atoms with Gasteiger partial charge in [-0.1, -0.05) is 66.7 Å². The Labute approximate surface area is 141 Å². The third-order valence-corrected chi connectivity index (χ3v) is 4.64. The maximum absolute atomic E-state index is 13.4. The number of carbonyl (C=O) groups excluding carboxylic acids is 1. The third kappa shape index (κ3) is 2.23. The lowest BCUT2D eigenvalue weighted by Crippen LogP contribution is -2.42. The van der Waals surface area contributed by atoms with E-state index >= 15 is 0 Å². The fourth-order valence-electron chi connectivity index (χ4n) is 3.54. The number of carbonyl (C=O) groups is 1. The van der Waals surface area contributed by atoms with E-state index in [0.717, 1.165) is 16.3 Å². The Hall–Kier alpha value is -2.87. The molecule has 1 aliphatic heterocycles. The van der Waals surface area contributed by atoms with Crippen LogP contribution in [0.2, 0.25) is 0 Å². The van der Waals surface area contributed by atoms with Gasteiger partial charge in [0.05, 0.1) is 5.56 Å². The fourth-order valence-corrected chi connectivity index (χ4v) is 3.54. The molecule has 0 aliphatic carbocycles. The van der Waals surface area contributed by atoms with Gasteiger partial charge in [0.1, 0.15) is 5.75 Å². The average Bonchev–Trinajstić information content (AvgIpc) is 2.88. The smallest absolute Gasteiger partial charge is 0.211 e. The Morgan fingerprint density at radius 3 is 2.50 bits per heavy atom. The van der Waals surface area contributed by atoms with Crippen molar-refractivity contribution in [3.8, 4) is 5.75 Å². The molecule has 0 saturated heterocycles. The van der Waals surface area contributed by atoms with Crippen LogP contribution in [0.4, 0.5) is 0 Å². The van der Waals surface area contributed by atoms with E-state index < -0.39 is 5.60 Å². The predicted molar refractivity (Wildman–Crippen MR) is 96.6 cm³/mol. The highest BCUT2D eigenvalue weighted by Crippen LogP contribution is 2.42. The molecule has 1 heterocycles. The molecule has 0 spiro atoms. The van der Waals surface area contributed by atoms with E-state index in [-0.39, 0.29) is 5.78 Å². The summed E-state index contributed by atoms with van der Waals surface area (Å²) >= 11 is 0. The molecule has 3 aromatic carbocycles. The highest BCUT2D eigenvalue weighted by atomic mass is 16.5. The maximum Gasteiger partial charge on any atom is 0.211 e. The summed E-state index contributed by atoms with van der Waals surface area (Å²) in [5, 5.41) is 2.02. The van der Waals surface area contributed by atoms with Crippen molar-refractivity contribution >= 4 is 16.6 Å². The number of hydrogen-bond acceptors (Lipinski definition) is 2. The molecule has 0 N–H and O–H groups in total. The van der Waals surface area contributed by atoms with Gasteiger partial charge in [0.25, 0.3) is 0 Å². The second kappa shape index (κ2) is 5.64. The van der Waals surface area contributed by atoms with E-state index in [4.69, 9.17) is 4.74 Å². The van der Waals surface area contributed by atoms with Crippen molar-refractivity contribution in [2.75, 3.05) is 0 Å². The van der Waals surface area contributed by atoms with Crippen molar-refractivity contribution < 1.29 is 9.53 Å². The molecule has 0 bridgehead atoms. The molecular formula is C22H18O2. The number of ether oxygens (including phenoxy) is 1. The molecule has 1 atom stereocenters. The molecule has 0 amide bonds. The van der Waals surface area contributed by atoms with Gasteiger partial charge in [0.2, 0.25) is 5.78 Å². The van der Waals surface area contributed by atoms with Crippen molar-refractivity contribution in [3.05, 3.63) is 90.5 Å². The molecule has 24 heavy (non-hydrogen) atoms. The Bertz CT molecular complexity index is 927. The first-order chi connectivity index (χ1) is 11.7. The Morgan fingerprint density at radius 2 is 1.71 bits per heavy atom. The van der Waals surface area contributed by atoms with E-state index in [1.807, 2.05) is 66.7 Å². The number of hydrogen-bond donors (Lipinski definition) is 0. The maximum atomic E-state index is 13.4. The summed E-state index contributed by atoms with van der Waals surface area (Å²) in [7, 11) is 0. The van der Waals surface area contributed by atoms with Crippen LogP contribution in [0.3, 0.4) is 0 Å². The summed E-state index contributed by atoms with van der Waals surface area (Å²) in [5.74, 6) is 0.731. The van der Waals surface area contributed by atoms with Gasteiger partial charge in [-0.25, -0.2) is 0 Å². The van der Waals surface area contributed by atoms with Gasteiger partial charge in [-0.3, -0.25) is 4.79 Å². The Balaban J connectivity index is 1.84.